The van der Waals surface area contributed by atoms with E-state index in [0.29, 0.717) is 0 Å². The van der Waals surface area contributed by atoms with Crippen molar-refractivity contribution in [2.75, 3.05) is 12.3 Å². The van der Waals surface area contributed by atoms with Crippen molar-refractivity contribution < 1.29 is 20.4 Å². The van der Waals surface area contributed by atoms with Gasteiger partial charge in [-0.2, -0.15) is 0 Å². The minimum atomic E-state index is -1.51. The quantitative estimate of drug-likeness (QED) is 0.392. The van der Waals surface area contributed by atoms with E-state index in [9.17, 15) is 10.2 Å². The molecule has 0 saturated carbocycles. The summed E-state index contributed by atoms with van der Waals surface area (Å²) >= 11 is 0.905. The third-order valence-electron chi connectivity index (χ3n) is 1.61. The Bertz CT molecular complexity index is 294. The van der Waals surface area contributed by atoms with Crippen molar-refractivity contribution >= 4 is 16.5 Å². The highest BCUT2D eigenvalue weighted by atomic mass is 32.1. The van der Waals surface area contributed by atoms with Gasteiger partial charge < -0.3 is 26.2 Å². The minimum absolute atomic E-state index is 0.0995. The number of nitrogens with zero attached hydrogens (tertiary/aromatic N) is 2. The van der Waals surface area contributed by atoms with Crippen LogP contribution in [-0.4, -0.2) is 49.4 Å². The van der Waals surface area contributed by atoms with Crippen LogP contribution < -0.4 is 5.73 Å². The van der Waals surface area contributed by atoms with Gasteiger partial charge in [0.25, 0.3) is 0 Å². The van der Waals surface area contributed by atoms with Gasteiger partial charge in [-0.25, -0.2) is 0 Å². The second-order valence-corrected chi connectivity index (χ2v) is 3.70. The molecule has 0 aliphatic carbocycles. The first-order valence-corrected chi connectivity index (χ1v) is 4.62. The largest absolute Gasteiger partial charge is 0.394 e. The van der Waals surface area contributed by atoms with E-state index in [0.717, 1.165) is 11.3 Å². The van der Waals surface area contributed by atoms with Crippen LogP contribution in [0.3, 0.4) is 0 Å². The second kappa shape index (κ2) is 4.62. The molecule has 0 radical (unpaired) electrons. The molecule has 80 valence electrons. The van der Waals surface area contributed by atoms with Crippen LogP contribution in [-0.2, 0) is 0 Å². The van der Waals surface area contributed by atoms with Crippen molar-refractivity contribution in [1.82, 2.24) is 10.2 Å². The van der Waals surface area contributed by atoms with E-state index in [1.54, 1.807) is 0 Å². The molecule has 14 heavy (non-hydrogen) atoms. The van der Waals surface area contributed by atoms with Crippen LogP contribution in [0, 0.1) is 0 Å². The van der Waals surface area contributed by atoms with Crippen molar-refractivity contribution in [1.29, 1.82) is 0 Å². The Labute approximate surface area is 83.5 Å². The number of hydrogen-bond donors (Lipinski definition) is 5. The Balaban J connectivity index is 2.69. The zero-order valence-electron chi connectivity index (χ0n) is 7.11. The molecule has 3 atom stereocenters. The van der Waals surface area contributed by atoms with Gasteiger partial charge in [-0.05, 0) is 0 Å². The van der Waals surface area contributed by atoms with Crippen LogP contribution in [0.5, 0.6) is 0 Å². The topological polar surface area (TPSA) is 133 Å². The summed E-state index contributed by atoms with van der Waals surface area (Å²) in [4.78, 5) is 0. The molecule has 0 aliphatic heterocycles. The van der Waals surface area contributed by atoms with Gasteiger partial charge in [0.15, 0.2) is 5.01 Å². The monoisotopic (exact) mass is 221 g/mol. The summed E-state index contributed by atoms with van der Waals surface area (Å²) in [7, 11) is 0. The van der Waals surface area contributed by atoms with Crippen molar-refractivity contribution in [3.05, 3.63) is 5.01 Å². The normalized spacial score (nSPS) is 17.7. The molecule has 1 aromatic heterocycles. The molecule has 1 heterocycles. The molecule has 0 aliphatic rings. The van der Waals surface area contributed by atoms with Crippen LogP contribution in [0.4, 0.5) is 5.13 Å². The van der Waals surface area contributed by atoms with Crippen LogP contribution in [0.2, 0.25) is 0 Å². The first-order chi connectivity index (χ1) is 6.56. The van der Waals surface area contributed by atoms with Gasteiger partial charge in [0.05, 0.1) is 6.61 Å². The van der Waals surface area contributed by atoms with E-state index in [-0.39, 0.29) is 10.1 Å². The molecule has 1 rings (SSSR count). The number of aliphatic hydroxyl groups is 4. The van der Waals surface area contributed by atoms with Crippen molar-refractivity contribution in [3.8, 4) is 0 Å². The Hall–Kier alpha value is -0.800. The highest BCUT2D eigenvalue weighted by Crippen LogP contribution is 2.23. The molecule has 1 aromatic rings. The van der Waals surface area contributed by atoms with E-state index >= 15 is 0 Å². The lowest BCUT2D eigenvalue weighted by Gasteiger charge is -2.18. The average molecular weight is 221 g/mol. The highest BCUT2D eigenvalue weighted by molar-refractivity contribution is 7.15. The molecule has 0 spiro atoms. The number of anilines is 1. The lowest BCUT2D eigenvalue weighted by atomic mass is 10.1. The zero-order valence-corrected chi connectivity index (χ0v) is 7.92. The summed E-state index contributed by atoms with van der Waals surface area (Å²) in [6.07, 6.45) is -4.32. The molecule has 0 aromatic carbocycles. The summed E-state index contributed by atoms with van der Waals surface area (Å²) in [5.74, 6) is 0. The lowest BCUT2D eigenvalue weighted by Crippen LogP contribution is -2.34. The number of nitrogens with two attached hydrogens (primary N) is 1. The Kier molecular flexibility index (Phi) is 3.72. The molecule has 0 amide bonds. The summed E-state index contributed by atoms with van der Waals surface area (Å²) < 4.78 is 0. The van der Waals surface area contributed by atoms with Crippen molar-refractivity contribution in [2.24, 2.45) is 0 Å². The third kappa shape index (κ3) is 2.36. The Morgan fingerprint density at radius 1 is 1.29 bits per heavy atom. The fourth-order valence-corrected chi connectivity index (χ4v) is 1.47. The maximum atomic E-state index is 9.44. The van der Waals surface area contributed by atoms with Crippen LogP contribution in [0.15, 0.2) is 0 Å². The maximum Gasteiger partial charge on any atom is 0.203 e. The van der Waals surface area contributed by atoms with Gasteiger partial charge in [-0.1, -0.05) is 11.3 Å². The smallest absolute Gasteiger partial charge is 0.203 e. The maximum absolute atomic E-state index is 9.44. The molecule has 0 fully saturated rings. The van der Waals surface area contributed by atoms with Gasteiger partial charge in [-0.3, -0.25) is 0 Å². The van der Waals surface area contributed by atoms with E-state index in [4.69, 9.17) is 15.9 Å². The van der Waals surface area contributed by atoms with Gasteiger partial charge in [0.2, 0.25) is 5.13 Å². The zero-order chi connectivity index (χ0) is 10.7. The van der Waals surface area contributed by atoms with Crippen LogP contribution in [0.1, 0.15) is 11.1 Å². The summed E-state index contributed by atoms with van der Waals surface area (Å²) in [6.45, 7) is -0.646. The van der Waals surface area contributed by atoms with Crippen molar-refractivity contribution in [3.63, 3.8) is 0 Å². The fourth-order valence-electron chi connectivity index (χ4n) is 0.831. The van der Waals surface area contributed by atoms with Gasteiger partial charge >= 0.3 is 0 Å². The molecule has 8 heteroatoms. The van der Waals surface area contributed by atoms with E-state index in [1.807, 2.05) is 0 Å². The fraction of sp³-hybridized carbons (Fsp3) is 0.667. The number of nitrogen functional groups attached to an aromatic ring is 1. The Morgan fingerprint density at radius 3 is 2.36 bits per heavy atom. The molecular formula is C6H11N3O4S. The number of hydrogen-bond acceptors (Lipinski definition) is 8. The molecule has 6 N–H and O–H groups in total. The minimum Gasteiger partial charge on any atom is -0.394 e. The first-order valence-electron chi connectivity index (χ1n) is 3.80. The average Bonchev–Trinajstić information content (AvgIpc) is 2.61. The van der Waals surface area contributed by atoms with E-state index < -0.39 is 24.9 Å². The van der Waals surface area contributed by atoms with Gasteiger partial charge in [0.1, 0.15) is 18.3 Å². The number of aromatic nitrogens is 2. The van der Waals surface area contributed by atoms with E-state index in [1.165, 1.54) is 0 Å². The summed E-state index contributed by atoms with van der Waals surface area (Å²) in [5, 5.41) is 43.5. The first kappa shape index (κ1) is 11.3. The Morgan fingerprint density at radius 2 is 1.93 bits per heavy atom. The number of aliphatic hydroxyl groups excluding tert-OH is 4. The highest BCUT2D eigenvalue weighted by Gasteiger charge is 2.28. The molecule has 0 saturated heterocycles. The predicted molar refractivity (Wildman–Crippen MR) is 48.4 cm³/mol. The SMILES string of the molecule is Nc1nnc([C@@H](O)[C@H](O)[C@H](O)CO)s1. The van der Waals surface area contributed by atoms with E-state index in [2.05, 4.69) is 10.2 Å². The molecule has 7 nitrogen and oxygen atoms in total. The lowest BCUT2D eigenvalue weighted by molar-refractivity contribution is -0.0778. The number of rotatable bonds is 4. The standard InChI is InChI=1S/C6H11N3O4S/c7-6-9-8-5(14-6)4(13)3(12)2(11)1-10/h2-4,10-13H,1H2,(H2,7,9)/t2-,3-,4+/m1/s1. The summed E-state index contributed by atoms with van der Waals surface area (Å²) in [6, 6.07) is 0. The molecule has 0 unspecified atom stereocenters. The van der Waals surface area contributed by atoms with Crippen LogP contribution in [0.25, 0.3) is 0 Å². The van der Waals surface area contributed by atoms with Crippen LogP contribution >= 0.6 is 11.3 Å². The van der Waals surface area contributed by atoms with Crippen molar-refractivity contribution in [2.45, 2.75) is 18.3 Å². The molecule has 0 bridgehead atoms. The summed E-state index contributed by atoms with van der Waals surface area (Å²) in [5.41, 5.74) is 5.27. The van der Waals surface area contributed by atoms with Gasteiger partial charge in [0, 0.05) is 0 Å². The third-order valence-corrected chi connectivity index (χ3v) is 2.44. The van der Waals surface area contributed by atoms with Gasteiger partial charge in [-0.15, -0.1) is 10.2 Å². The predicted octanol–water partition coefficient (Wildman–Crippen LogP) is -2.13. The second-order valence-electron chi connectivity index (χ2n) is 2.66. The molecular weight excluding hydrogens is 210 g/mol.